The number of nitrogens with one attached hydrogen (secondary N) is 1. The number of aromatic nitrogens is 1. The molecule has 1 N–H and O–H groups in total. The Balaban J connectivity index is 2.31. The van der Waals surface area contributed by atoms with Crippen molar-refractivity contribution in [3.63, 3.8) is 0 Å². The van der Waals surface area contributed by atoms with Gasteiger partial charge in [0, 0.05) is 17.0 Å². The van der Waals surface area contributed by atoms with E-state index in [-0.39, 0.29) is 0 Å². The number of halogens is 3. The van der Waals surface area contributed by atoms with E-state index in [1.54, 1.807) is 13.1 Å². The summed E-state index contributed by atoms with van der Waals surface area (Å²) in [6, 6.07) is 9.16. The van der Waals surface area contributed by atoms with Gasteiger partial charge in [0.05, 0.1) is 10.0 Å². The fraction of sp³-hybridized carbons (Fsp3) is 0.0833. The van der Waals surface area contributed by atoms with Gasteiger partial charge in [0.1, 0.15) is 10.8 Å². The van der Waals surface area contributed by atoms with E-state index in [2.05, 4.69) is 10.3 Å². The molecule has 1 aromatic carbocycles. The van der Waals surface area contributed by atoms with Crippen LogP contribution in [0.2, 0.25) is 15.1 Å². The first-order chi connectivity index (χ1) is 8.60. The number of hydrogen-bond acceptors (Lipinski definition) is 3. The number of benzene rings is 1. The molecule has 18 heavy (non-hydrogen) atoms. The Labute approximate surface area is 125 Å². The summed E-state index contributed by atoms with van der Waals surface area (Å²) >= 11 is 19.4. The quantitative estimate of drug-likeness (QED) is 0.838. The van der Waals surface area contributed by atoms with Gasteiger partial charge in [-0.15, -0.1) is 0 Å². The summed E-state index contributed by atoms with van der Waals surface area (Å²) in [5, 5.41) is 5.35. The topological polar surface area (TPSA) is 24.9 Å². The molecule has 0 bridgehead atoms. The van der Waals surface area contributed by atoms with Crippen LogP contribution in [-0.2, 0) is 0 Å². The molecule has 2 aromatic rings. The van der Waals surface area contributed by atoms with Crippen LogP contribution in [0.25, 0.3) is 0 Å². The van der Waals surface area contributed by atoms with Crippen LogP contribution in [0.4, 0.5) is 5.82 Å². The van der Waals surface area contributed by atoms with Crippen molar-refractivity contribution in [3.05, 3.63) is 45.4 Å². The highest BCUT2D eigenvalue weighted by Gasteiger charge is 2.09. The van der Waals surface area contributed by atoms with Crippen LogP contribution < -0.4 is 5.32 Å². The fourth-order valence-electron chi connectivity index (χ4n) is 1.31. The second-order valence-corrected chi connectivity index (χ2v) is 5.72. The Morgan fingerprint density at radius 2 is 1.72 bits per heavy atom. The highest BCUT2D eigenvalue weighted by molar-refractivity contribution is 7.99. The monoisotopic (exact) mass is 318 g/mol. The van der Waals surface area contributed by atoms with Gasteiger partial charge in [-0.2, -0.15) is 0 Å². The Bertz CT molecular complexity index is 558. The Hall–Kier alpha value is -0.610. The van der Waals surface area contributed by atoms with Gasteiger partial charge < -0.3 is 5.32 Å². The van der Waals surface area contributed by atoms with Crippen LogP contribution in [0.15, 0.2) is 40.3 Å². The molecule has 0 aliphatic carbocycles. The molecule has 0 saturated carbocycles. The van der Waals surface area contributed by atoms with Crippen molar-refractivity contribution < 1.29 is 0 Å². The Morgan fingerprint density at radius 3 is 2.33 bits per heavy atom. The molecule has 0 aliphatic rings. The lowest BCUT2D eigenvalue weighted by atomic mass is 10.4. The normalized spacial score (nSPS) is 10.4. The third-order valence-corrected chi connectivity index (χ3v) is 4.11. The smallest absolute Gasteiger partial charge is 0.146 e. The minimum Gasteiger partial charge on any atom is -0.372 e. The van der Waals surface area contributed by atoms with E-state index < -0.39 is 0 Å². The number of nitrogens with zero attached hydrogens (tertiary/aromatic N) is 1. The zero-order valence-electron chi connectivity index (χ0n) is 9.38. The summed E-state index contributed by atoms with van der Waals surface area (Å²) in [7, 11) is 1.76. The molecule has 0 radical (unpaired) electrons. The number of pyridine rings is 1. The van der Waals surface area contributed by atoms with Crippen molar-refractivity contribution in [1.29, 1.82) is 0 Å². The van der Waals surface area contributed by atoms with E-state index in [1.165, 1.54) is 11.8 Å². The van der Waals surface area contributed by atoms with Gasteiger partial charge in [-0.05, 0) is 30.3 Å². The summed E-state index contributed by atoms with van der Waals surface area (Å²) in [5.41, 5.74) is 0. The van der Waals surface area contributed by atoms with Crippen LogP contribution in [0.1, 0.15) is 0 Å². The predicted molar refractivity (Wildman–Crippen MR) is 79.4 cm³/mol. The second-order valence-electron chi connectivity index (χ2n) is 3.41. The average Bonchev–Trinajstić information content (AvgIpc) is 2.35. The first-order valence-corrected chi connectivity index (χ1v) is 7.02. The molecule has 2 nitrogen and oxygen atoms in total. The zero-order valence-corrected chi connectivity index (χ0v) is 12.5. The van der Waals surface area contributed by atoms with Gasteiger partial charge >= 0.3 is 0 Å². The summed E-state index contributed by atoms with van der Waals surface area (Å²) in [6.45, 7) is 0. The van der Waals surface area contributed by atoms with Crippen LogP contribution >= 0.6 is 46.6 Å². The van der Waals surface area contributed by atoms with Gasteiger partial charge in [0.15, 0.2) is 0 Å². The molecule has 0 atom stereocenters. The highest BCUT2D eigenvalue weighted by atomic mass is 35.5. The SMILES string of the molecule is CNc1nc(Sc2ccc(Cl)cc2)c(Cl)cc1Cl. The number of anilines is 1. The summed E-state index contributed by atoms with van der Waals surface area (Å²) in [5.74, 6) is 0.609. The van der Waals surface area contributed by atoms with Crippen LogP contribution in [-0.4, -0.2) is 12.0 Å². The zero-order chi connectivity index (χ0) is 13.1. The molecule has 0 fully saturated rings. The van der Waals surface area contributed by atoms with Crippen molar-refractivity contribution in [1.82, 2.24) is 4.98 Å². The Kier molecular flexibility index (Phi) is 4.62. The fourth-order valence-corrected chi connectivity index (χ4v) is 2.79. The summed E-state index contributed by atoms with van der Waals surface area (Å²) in [6.07, 6.45) is 0. The average molecular weight is 320 g/mol. The molecule has 1 aromatic heterocycles. The molecule has 0 amide bonds. The lowest BCUT2D eigenvalue weighted by molar-refractivity contribution is 1.13. The molecule has 0 unspecified atom stereocenters. The third-order valence-electron chi connectivity index (χ3n) is 2.16. The van der Waals surface area contributed by atoms with Crippen molar-refractivity contribution in [2.75, 3.05) is 12.4 Å². The largest absolute Gasteiger partial charge is 0.372 e. The molecule has 0 aliphatic heterocycles. The molecule has 0 saturated heterocycles. The van der Waals surface area contributed by atoms with Crippen LogP contribution in [0, 0.1) is 0 Å². The Morgan fingerprint density at radius 1 is 1.06 bits per heavy atom. The maximum absolute atomic E-state index is 6.12. The van der Waals surface area contributed by atoms with Crippen molar-refractivity contribution in [2.24, 2.45) is 0 Å². The van der Waals surface area contributed by atoms with Crippen LogP contribution in [0.5, 0.6) is 0 Å². The lowest BCUT2D eigenvalue weighted by Gasteiger charge is -2.08. The van der Waals surface area contributed by atoms with Gasteiger partial charge in [-0.25, -0.2) is 4.98 Å². The molecule has 0 spiro atoms. The van der Waals surface area contributed by atoms with Crippen LogP contribution in [0.3, 0.4) is 0 Å². The maximum atomic E-state index is 6.12. The number of rotatable bonds is 3. The van der Waals surface area contributed by atoms with Crippen molar-refractivity contribution in [2.45, 2.75) is 9.92 Å². The van der Waals surface area contributed by atoms with Crippen molar-refractivity contribution >= 4 is 52.4 Å². The maximum Gasteiger partial charge on any atom is 0.146 e. The van der Waals surface area contributed by atoms with E-state index in [9.17, 15) is 0 Å². The van der Waals surface area contributed by atoms with E-state index in [0.717, 1.165) is 4.90 Å². The number of hydrogen-bond donors (Lipinski definition) is 1. The first-order valence-electron chi connectivity index (χ1n) is 5.07. The molecule has 94 valence electrons. The third kappa shape index (κ3) is 3.23. The van der Waals surface area contributed by atoms with E-state index in [1.807, 2.05) is 24.3 Å². The van der Waals surface area contributed by atoms with Gasteiger partial charge in [0.2, 0.25) is 0 Å². The molecule has 6 heteroatoms. The predicted octanol–water partition coefficient (Wildman–Crippen LogP) is 5.23. The first kappa shape index (κ1) is 13.8. The summed E-state index contributed by atoms with van der Waals surface area (Å²) < 4.78 is 0. The van der Waals surface area contributed by atoms with E-state index in [0.29, 0.717) is 25.9 Å². The highest BCUT2D eigenvalue weighted by Crippen LogP contribution is 2.35. The van der Waals surface area contributed by atoms with Gasteiger partial charge in [-0.1, -0.05) is 46.6 Å². The minimum absolute atomic E-state index is 0.503. The van der Waals surface area contributed by atoms with E-state index in [4.69, 9.17) is 34.8 Å². The molecular weight excluding hydrogens is 311 g/mol. The molecule has 1 heterocycles. The minimum atomic E-state index is 0.503. The van der Waals surface area contributed by atoms with Gasteiger partial charge in [-0.3, -0.25) is 0 Å². The lowest BCUT2D eigenvalue weighted by Crippen LogP contribution is -1.95. The van der Waals surface area contributed by atoms with Crippen molar-refractivity contribution in [3.8, 4) is 0 Å². The van der Waals surface area contributed by atoms with E-state index >= 15 is 0 Å². The molecule has 2 rings (SSSR count). The molecular formula is C12H9Cl3N2S. The standard InChI is InChI=1S/C12H9Cl3N2S/c1-16-11-9(14)6-10(15)12(17-11)18-8-4-2-7(13)3-5-8/h2-6H,1H3,(H,16,17). The summed E-state index contributed by atoms with van der Waals surface area (Å²) in [4.78, 5) is 5.38. The van der Waals surface area contributed by atoms with Gasteiger partial charge in [0.25, 0.3) is 0 Å². The second kappa shape index (κ2) is 6.02.